The van der Waals surface area contributed by atoms with E-state index in [4.69, 9.17) is 5.11 Å². The zero-order valence-corrected chi connectivity index (χ0v) is 6.52. The fourth-order valence-electron chi connectivity index (χ4n) is 0.939. The summed E-state index contributed by atoms with van der Waals surface area (Å²) in [5.74, 6) is -1.30. The van der Waals surface area contributed by atoms with Gasteiger partial charge in [-0.25, -0.2) is 8.78 Å². The molecule has 1 rings (SSSR count). The van der Waals surface area contributed by atoms with Gasteiger partial charge >= 0.3 is 6.18 Å². The number of alkyl halides is 5. The highest BCUT2D eigenvalue weighted by Crippen LogP contribution is 2.40. The largest absolute Gasteiger partial charge is 0.506 e. The minimum absolute atomic E-state index is 0.382. The second-order valence-electron chi connectivity index (χ2n) is 2.42. The maximum absolute atomic E-state index is 12.1. The van der Waals surface area contributed by atoms with E-state index in [1.165, 1.54) is 0 Å². The number of hydrogen-bond acceptors (Lipinski definition) is 2. The molecule has 0 radical (unpaired) electrons. The first-order valence-corrected chi connectivity index (χ1v) is 3.36. The summed E-state index contributed by atoms with van der Waals surface area (Å²) in [5, 5.41) is 8.76. The molecular weight excluding hydrogens is 209 g/mol. The van der Waals surface area contributed by atoms with E-state index in [0.717, 1.165) is 0 Å². The maximum Gasteiger partial charge on any atom is 0.420 e. The summed E-state index contributed by atoms with van der Waals surface area (Å²) in [6.45, 7) is 0. The molecule has 2 nitrogen and oxygen atoms in total. The summed E-state index contributed by atoms with van der Waals surface area (Å²) in [6.07, 6.45) is -7.49. The SMILES string of the molecule is Oc1cncc(C(F)F)c1C(F)(F)F. The molecule has 0 atom stereocenters. The minimum Gasteiger partial charge on any atom is -0.506 e. The normalized spacial score (nSPS) is 12.1. The van der Waals surface area contributed by atoms with Crippen molar-refractivity contribution in [3.05, 3.63) is 23.5 Å². The molecule has 0 amide bonds. The topological polar surface area (TPSA) is 33.1 Å². The Hall–Kier alpha value is -1.40. The third kappa shape index (κ3) is 1.91. The highest BCUT2D eigenvalue weighted by molar-refractivity contribution is 5.38. The van der Waals surface area contributed by atoms with Gasteiger partial charge in [-0.15, -0.1) is 0 Å². The third-order valence-electron chi connectivity index (χ3n) is 1.47. The lowest BCUT2D eigenvalue weighted by molar-refractivity contribution is -0.140. The van der Waals surface area contributed by atoms with E-state index in [2.05, 4.69) is 4.98 Å². The Bertz CT molecular complexity index is 335. The molecule has 0 saturated carbocycles. The molecule has 78 valence electrons. The smallest absolute Gasteiger partial charge is 0.420 e. The first-order valence-electron chi connectivity index (χ1n) is 3.36. The maximum atomic E-state index is 12.1. The van der Waals surface area contributed by atoms with Crippen molar-refractivity contribution in [2.24, 2.45) is 0 Å². The first kappa shape index (κ1) is 10.7. The Morgan fingerprint density at radius 1 is 1.21 bits per heavy atom. The van der Waals surface area contributed by atoms with Crippen LogP contribution in [0.25, 0.3) is 0 Å². The van der Waals surface area contributed by atoms with Crippen molar-refractivity contribution in [3.63, 3.8) is 0 Å². The number of nitrogens with zero attached hydrogens (tertiary/aromatic N) is 1. The van der Waals surface area contributed by atoms with Gasteiger partial charge in [0.1, 0.15) is 11.3 Å². The molecule has 14 heavy (non-hydrogen) atoms. The van der Waals surface area contributed by atoms with Crippen LogP contribution in [0, 0.1) is 0 Å². The Kier molecular flexibility index (Phi) is 2.59. The summed E-state index contributed by atoms with van der Waals surface area (Å²) >= 11 is 0. The van der Waals surface area contributed by atoms with E-state index in [-0.39, 0.29) is 0 Å². The molecule has 0 aliphatic heterocycles. The van der Waals surface area contributed by atoms with Gasteiger partial charge in [-0.05, 0) is 0 Å². The van der Waals surface area contributed by atoms with E-state index < -0.39 is 29.5 Å². The van der Waals surface area contributed by atoms with E-state index in [0.29, 0.717) is 12.4 Å². The van der Waals surface area contributed by atoms with E-state index >= 15 is 0 Å². The quantitative estimate of drug-likeness (QED) is 0.727. The van der Waals surface area contributed by atoms with Gasteiger partial charge in [0.05, 0.1) is 11.8 Å². The molecule has 1 heterocycles. The van der Waals surface area contributed by atoms with Crippen LogP contribution < -0.4 is 0 Å². The van der Waals surface area contributed by atoms with Crippen LogP contribution in [0.2, 0.25) is 0 Å². The van der Waals surface area contributed by atoms with Crippen molar-refractivity contribution < 1.29 is 27.1 Å². The molecule has 0 aromatic carbocycles. The van der Waals surface area contributed by atoms with Gasteiger partial charge in [-0.1, -0.05) is 0 Å². The van der Waals surface area contributed by atoms with Gasteiger partial charge in [0, 0.05) is 6.20 Å². The summed E-state index contributed by atoms with van der Waals surface area (Å²) in [6, 6.07) is 0. The monoisotopic (exact) mass is 213 g/mol. The lowest BCUT2D eigenvalue weighted by Gasteiger charge is -2.12. The minimum atomic E-state index is -5.02. The van der Waals surface area contributed by atoms with Crippen LogP contribution in [0.3, 0.4) is 0 Å². The van der Waals surface area contributed by atoms with Crippen LogP contribution >= 0.6 is 0 Å². The molecule has 7 heteroatoms. The van der Waals surface area contributed by atoms with Crippen LogP contribution in [-0.4, -0.2) is 10.1 Å². The molecule has 0 aliphatic carbocycles. The van der Waals surface area contributed by atoms with E-state index in [1.807, 2.05) is 0 Å². The van der Waals surface area contributed by atoms with Crippen LogP contribution in [0.15, 0.2) is 12.4 Å². The molecule has 1 N–H and O–H groups in total. The number of aromatic hydroxyl groups is 1. The Morgan fingerprint density at radius 2 is 1.79 bits per heavy atom. The zero-order valence-electron chi connectivity index (χ0n) is 6.52. The third-order valence-corrected chi connectivity index (χ3v) is 1.47. The van der Waals surface area contributed by atoms with Crippen LogP contribution in [0.4, 0.5) is 22.0 Å². The fourth-order valence-corrected chi connectivity index (χ4v) is 0.939. The van der Waals surface area contributed by atoms with E-state index in [9.17, 15) is 22.0 Å². The second kappa shape index (κ2) is 3.39. The van der Waals surface area contributed by atoms with Crippen molar-refractivity contribution in [2.45, 2.75) is 12.6 Å². The van der Waals surface area contributed by atoms with Gasteiger partial charge in [-0.3, -0.25) is 4.98 Å². The summed E-state index contributed by atoms with van der Waals surface area (Å²) in [7, 11) is 0. The van der Waals surface area contributed by atoms with Crippen molar-refractivity contribution in [2.75, 3.05) is 0 Å². The predicted molar refractivity (Wildman–Crippen MR) is 35.9 cm³/mol. The predicted octanol–water partition coefficient (Wildman–Crippen LogP) is 2.74. The van der Waals surface area contributed by atoms with Gasteiger partial charge < -0.3 is 5.11 Å². The van der Waals surface area contributed by atoms with E-state index in [1.54, 1.807) is 0 Å². The highest BCUT2D eigenvalue weighted by atomic mass is 19.4. The summed E-state index contributed by atoms with van der Waals surface area (Å²) in [5.41, 5.74) is -3.06. The highest BCUT2D eigenvalue weighted by Gasteiger charge is 2.39. The zero-order chi connectivity index (χ0) is 10.9. The average molecular weight is 213 g/mol. The standard InChI is InChI=1S/C7H4F5NO/c8-6(9)3-1-13-2-4(14)5(3)7(10,11)12/h1-2,6,14H. The van der Waals surface area contributed by atoms with Gasteiger partial charge in [0.25, 0.3) is 6.43 Å². The molecule has 0 aliphatic rings. The number of rotatable bonds is 1. The number of halogens is 5. The molecule has 0 bridgehead atoms. The van der Waals surface area contributed by atoms with Crippen molar-refractivity contribution in [3.8, 4) is 5.75 Å². The number of pyridine rings is 1. The molecule has 0 fully saturated rings. The molecule has 1 aromatic heterocycles. The Morgan fingerprint density at radius 3 is 2.14 bits per heavy atom. The first-order chi connectivity index (χ1) is 6.34. The van der Waals surface area contributed by atoms with Crippen molar-refractivity contribution >= 4 is 0 Å². The summed E-state index contributed by atoms with van der Waals surface area (Å²) in [4.78, 5) is 3.05. The molecule has 1 aromatic rings. The molecule has 0 saturated heterocycles. The van der Waals surface area contributed by atoms with Crippen LogP contribution in [0.1, 0.15) is 17.6 Å². The van der Waals surface area contributed by atoms with Gasteiger partial charge in [0.2, 0.25) is 0 Å². The fraction of sp³-hybridized carbons (Fsp3) is 0.286. The lowest BCUT2D eigenvalue weighted by Crippen LogP contribution is -2.10. The Labute approximate surface area is 75.0 Å². The van der Waals surface area contributed by atoms with Crippen LogP contribution in [-0.2, 0) is 6.18 Å². The average Bonchev–Trinajstić information content (AvgIpc) is 2.01. The summed E-state index contributed by atoms with van der Waals surface area (Å²) < 4.78 is 60.6. The lowest BCUT2D eigenvalue weighted by atomic mass is 10.1. The number of hydrogen-bond donors (Lipinski definition) is 1. The molecule has 0 spiro atoms. The van der Waals surface area contributed by atoms with Crippen LogP contribution in [0.5, 0.6) is 5.75 Å². The van der Waals surface area contributed by atoms with Gasteiger partial charge in [0.15, 0.2) is 0 Å². The van der Waals surface area contributed by atoms with Gasteiger partial charge in [-0.2, -0.15) is 13.2 Å². The number of aromatic nitrogens is 1. The Balaban J connectivity index is 3.38. The molecular formula is C7H4F5NO. The second-order valence-corrected chi connectivity index (χ2v) is 2.42. The van der Waals surface area contributed by atoms with Crippen molar-refractivity contribution in [1.82, 2.24) is 4.98 Å². The van der Waals surface area contributed by atoms with Crippen molar-refractivity contribution in [1.29, 1.82) is 0 Å². The molecule has 0 unspecified atom stereocenters.